The van der Waals surface area contributed by atoms with E-state index in [0.29, 0.717) is 17.1 Å². The van der Waals surface area contributed by atoms with Gasteiger partial charge in [-0.3, -0.25) is 14.5 Å². The first kappa shape index (κ1) is 34.0. The predicted molar refractivity (Wildman–Crippen MR) is 167 cm³/mol. The zero-order valence-corrected chi connectivity index (χ0v) is 27.8. The molecule has 2 atom stereocenters. The first-order chi connectivity index (χ1) is 21.1. The third kappa shape index (κ3) is 7.86. The molecule has 14 nitrogen and oxygen atoms in total. The fraction of sp³-hybridized carbons (Fsp3) is 0.464. The van der Waals surface area contributed by atoms with Crippen LogP contribution in [0.25, 0.3) is 0 Å². The van der Waals surface area contributed by atoms with Crippen molar-refractivity contribution in [1.29, 1.82) is 0 Å². The maximum Gasteiger partial charge on any atom is 0.355 e. The Hall–Kier alpha value is -3.89. The summed E-state index contributed by atoms with van der Waals surface area (Å²) < 4.78 is 20.1. The molecule has 2 aliphatic heterocycles. The van der Waals surface area contributed by atoms with Crippen molar-refractivity contribution in [2.24, 2.45) is 5.16 Å². The normalized spacial score (nSPS) is 18.5. The van der Waals surface area contributed by atoms with E-state index in [0.717, 1.165) is 17.1 Å². The molecule has 4 rings (SSSR count). The van der Waals surface area contributed by atoms with E-state index in [1.54, 1.807) is 52.1 Å². The number of esters is 2. The lowest BCUT2D eigenvalue weighted by molar-refractivity contribution is -0.179. The number of halogens is 1. The number of fused-ring (bicyclic) bond motifs is 1. The van der Waals surface area contributed by atoms with Crippen LogP contribution >= 0.6 is 34.9 Å². The number of alkyl halides is 1. The molecule has 2 amide bonds. The van der Waals surface area contributed by atoms with Gasteiger partial charge in [0.25, 0.3) is 11.8 Å². The zero-order chi connectivity index (χ0) is 33.1. The Balaban J connectivity index is 1.49. The van der Waals surface area contributed by atoms with Crippen LogP contribution in [0.2, 0.25) is 0 Å². The number of ether oxygens (including phenoxy) is 3. The Bertz CT molecular complexity index is 1540. The van der Waals surface area contributed by atoms with Crippen LogP contribution in [0.1, 0.15) is 46.0 Å². The fourth-order valence-corrected chi connectivity index (χ4v) is 6.15. The number of hydrogen-bond acceptors (Lipinski definition) is 14. The van der Waals surface area contributed by atoms with E-state index in [2.05, 4.69) is 19.8 Å². The molecule has 242 valence electrons. The van der Waals surface area contributed by atoms with Gasteiger partial charge in [-0.05, 0) is 57.9 Å². The van der Waals surface area contributed by atoms with Gasteiger partial charge in [-0.2, -0.15) is 9.36 Å². The lowest BCUT2D eigenvalue weighted by Crippen LogP contribution is -2.71. The maximum atomic E-state index is 13.5. The van der Waals surface area contributed by atoms with Crippen molar-refractivity contribution in [3.05, 3.63) is 46.9 Å². The number of rotatable bonds is 11. The van der Waals surface area contributed by atoms with Crippen molar-refractivity contribution >= 4 is 69.5 Å². The molecule has 2 unspecified atom stereocenters. The van der Waals surface area contributed by atoms with E-state index in [1.807, 2.05) is 0 Å². The van der Waals surface area contributed by atoms with Gasteiger partial charge in [-0.1, -0.05) is 17.3 Å². The highest BCUT2D eigenvalue weighted by atomic mass is 35.5. The van der Waals surface area contributed by atoms with Crippen LogP contribution in [0, 0.1) is 0 Å². The number of β-lactam (4-membered cyclic amide) rings is 1. The third-order valence-electron chi connectivity index (χ3n) is 6.34. The molecule has 1 fully saturated rings. The second kappa shape index (κ2) is 13.6. The van der Waals surface area contributed by atoms with Crippen molar-refractivity contribution in [2.75, 3.05) is 24.5 Å². The van der Waals surface area contributed by atoms with Gasteiger partial charge in [-0.15, -0.1) is 23.4 Å². The number of aromatic nitrogens is 2. The molecule has 0 bridgehead atoms. The molecule has 45 heavy (non-hydrogen) atoms. The number of carbonyl (C=O) groups excluding carboxylic acids is 4. The number of thioether (sulfide) groups is 1. The van der Waals surface area contributed by atoms with Gasteiger partial charge in [-0.25, -0.2) is 9.59 Å². The molecule has 0 spiro atoms. The van der Waals surface area contributed by atoms with Crippen LogP contribution in [-0.2, 0) is 40.1 Å². The van der Waals surface area contributed by atoms with Crippen molar-refractivity contribution in [1.82, 2.24) is 19.6 Å². The van der Waals surface area contributed by atoms with Crippen molar-refractivity contribution in [2.45, 2.75) is 63.8 Å². The maximum absolute atomic E-state index is 13.5. The Morgan fingerprint density at radius 3 is 2.44 bits per heavy atom. The minimum Gasteiger partial charge on any atom is -0.497 e. The zero-order valence-electron chi connectivity index (χ0n) is 25.4. The fourth-order valence-electron chi connectivity index (χ4n) is 4.04. The Kier molecular flexibility index (Phi) is 10.3. The van der Waals surface area contributed by atoms with E-state index in [1.165, 1.54) is 30.5 Å². The number of amides is 2. The van der Waals surface area contributed by atoms with Crippen LogP contribution in [0.5, 0.6) is 5.75 Å². The molecule has 3 heterocycles. The number of carbonyl (C=O) groups is 4. The van der Waals surface area contributed by atoms with Crippen molar-refractivity contribution < 1.29 is 38.2 Å². The van der Waals surface area contributed by atoms with Crippen LogP contribution in [0.4, 0.5) is 5.13 Å². The van der Waals surface area contributed by atoms with Gasteiger partial charge in [0.05, 0.1) is 7.11 Å². The van der Waals surface area contributed by atoms with E-state index in [9.17, 15) is 19.2 Å². The molecule has 0 saturated carbocycles. The number of anilines is 1. The highest BCUT2D eigenvalue weighted by molar-refractivity contribution is 8.00. The molecule has 0 radical (unpaired) electrons. The Morgan fingerprint density at radius 2 is 1.87 bits per heavy atom. The number of hydrogen-bond donors (Lipinski definition) is 2. The number of nitrogens with two attached hydrogens (primary N) is 1. The van der Waals surface area contributed by atoms with E-state index in [-0.39, 0.29) is 29.1 Å². The van der Waals surface area contributed by atoms with Gasteiger partial charge in [0.1, 0.15) is 35.1 Å². The molecular weight excluding hydrogens is 648 g/mol. The summed E-state index contributed by atoms with van der Waals surface area (Å²) in [6.07, 6.45) is 0. The van der Waals surface area contributed by atoms with Crippen molar-refractivity contribution in [3.63, 3.8) is 0 Å². The molecule has 17 heteroatoms. The lowest BCUT2D eigenvalue weighted by Gasteiger charge is -2.49. The summed E-state index contributed by atoms with van der Waals surface area (Å²) in [6.45, 7) is 7.90. The largest absolute Gasteiger partial charge is 0.497 e. The number of oxime groups is 1. The van der Waals surface area contributed by atoms with Gasteiger partial charge in [0, 0.05) is 23.2 Å². The first-order valence-electron chi connectivity index (χ1n) is 13.6. The summed E-state index contributed by atoms with van der Waals surface area (Å²) in [4.78, 5) is 63.4. The molecule has 1 saturated heterocycles. The minimum atomic E-state index is -1.59. The second-order valence-corrected chi connectivity index (χ2v) is 13.5. The van der Waals surface area contributed by atoms with Gasteiger partial charge < -0.3 is 30.1 Å². The quantitative estimate of drug-likeness (QED) is 0.116. The number of benzene rings is 1. The average Bonchev–Trinajstić information content (AvgIpc) is 3.42. The van der Waals surface area contributed by atoms with E-state index in [4.69, 9.17) is 36.4 Å². The highest BCUT2D eigenvalue weighted by Gasteiger charge is 2.54. The van der Waals surface area contributed by atoms with E-state index < -0.39 is 52.1 Å². The first-order valence-corrected chi connectivity index (χ1v) is 15.9. The number of nitrogens with zero attached hydrogens (tertiary/aromatic N) is 4. The summed E-state index contributed by atoms with van der Waals surface area (Å²) in [5, 5.41) is 5.94. The van der Waals surface area contributed by atoms with Crippen LogP contribution < -0.4 is 15.8 Å². The second-order valence-electron chi connectivity index (χ2n) is 11.4. The summed E-state index contributed by atoms with van der Waals surface area (Å²) >= 11 is 8.27. The lowest BCUT2D eigenvalue weighted by atomic mass is 10.0. The number of nitrogens with one attached hydrogen (secondary N) is 1. The SMILES string of the molecule is COc1ccc(COC(=O)C2=C(CCl)CSC3C(NC(=O)C(=NOC(C)(C)C(=O)OC(C)(C)C)c4nsc(N)n4)C(=O)N23)cc1. The molecule has 3 N–H and O–H groups in total. The predicted octanol–water partition coefficient (Wildman–Crippen LogP) is 2.61. The highest BCUT2D eigenvalue weighted by Crippen LogP contribution is 2.41. The summed E-state index contributed by atoms with van der Waals surface area (Å²) in [6, 6.07) is 5.95. The molecule has 2 aliphatic rings. The Morgan fingerprint density at radius 1 is 1.18 bits per heavy atom. The monoisotopic (exact) mass is 680 g/mol. The topological polar surface area (TPSA) is 185 Å². The minimum absolute atomic E-state index is 0.00594. The molecule has 1 aromatic heterocycles. The summed E-state index contributed by atoms with van der Waals surface area (Å²) in [7, 11) is 1.55. The number of methoxy groups -OCH3 is 1. The van der Waals surface area contributed by atoms with Crippen LogP contribution in [0.15, 0.2) is 40.7 Å². The summed E-state index contributed by atoms with van der Waals surface area (Å²) in [5.41, 5.74) is 4.22. The Labute approximate surface area is 272 Å². The average molecular weight is 681 g/mol. The molecule has 1 aromatic carbocycles. The van der Waals surface area contributed by atoms with Crippen LogP contribution in [0.3, 0.4) is 0 Å². The van der Waals surface area contributed by atoms with Gasteiger partial charge in [0.15, 0.2) is 5.13 Å². The molecule has 2 aromatic rings. The van der Waals surface area contributed by atoms with E-state index >= 15 is 0 Å². The standard InChI is InChI=1S/C28H33ClN6O8S2/c1-27(2,3)42-25(39)28(4,5)43-33-17(20-32-26(30)45-34-20)21(36)31-18-22(37)35-19(15(11-29)13-44-23(18)35)24(38)41-12-14-7-9-16(40-6)10-8-14/h7-10,18,23H,11-13H2,1-6H3,(H,31,36)(H2,30,32,34). The van der Waals surface area contributed by atoms with Crippen LogP contribution in [-0.4, -0.2) is 85.1 Å². The number of nitrogen functional groups attached to an aromatic ring is 1. The smallest absolute Gasteiger partial charge is 0.355 e. The van der Waals surface area contributed by atoms with Gasteiger partial charge in [0.2, 0.25) is 17.1 Å². The third-order valence-corrected chi connectivity index (χ3v) is 8.55. The van der Waals surface area contributed by atoms with Gasteiger partial charge >= 0.3 is 11.9 Å². The molecular formula is C28H33ClN6O8S2. The molecule has 0 aliphatic carbocycles. The van der Waals surface area contributed by atoms with Crippen molar-refractivity contribution in [3.8, 4) is 5.75 Å². The summed E-state index contributed by atoms with van der Waals surface area (Å²) in [5.74, 6) is -2.03.